The number of halogens is 1. The normalized spacial score (nSPS) is 15.1. The van der Waals surface area contributed by atoms with Gasteiger partial charge in [-0.1, -0.05) is 96.1 Å². The van der Waals surface area contributed by atoms with Crippen LogP contribution >= 0.6 is 12.4 Å². The van der Waals surface area contributed by atoms with Gasteiger partial charge in [0.05, 0.1) is 30.2 Å². The van der Waals surface area contributed by atoms with Crippen LogP contribution in [0.3, 0.4) is 0 Å². The van der Waals surface area contributed by atoms with Crippen LogP contribution < -0.4 is 10.0 Å². The molecule has 0 aromatic heterocycles. The predicted octanol–water partition coefficient (Wildman–Crippen LogP) is 6.45. The van der Waals surface area contributed by atoms with Crippen LogP contribution in [0.2, 0.25) is 0 Å². The van der Waals surface area contributed by atoms with Gasteiger partial charge in [-0.3, -0.25) is 0 Å². The quantitative estimate of drug-likeness (QED) is 0.200. The molecule has 0 radical (unpaired) electrons. The fourth-order valence-corrected chi connectivity index (χ4v) is 5.80. The van der Waals surface area contributed by atoms with Crippen molar-refractivity contribution >= 4 is 22.4 Å². The standard InChI is InChI=1S/C31H36N2O3S.ClH/c1-24-16-18-29(19-17-24)37(34,35)33-31(28-14-7-4-8-15-28)30(27-12-5-3-6-13-27)32-20-21-36-23-26-11-9-10-25(2)22-26;/h3-8,10-19,30-33H,9,20-23H2,1-2H3;1H/t30-,31-;/m1./s1. The molecule has 1 aliphatic carbocycles. The monoisotopic (exact) mass is 552 g/mol. The summed E-state index contributed by atoms with van der Waals surface area (Å²) in [5, 5.41) is 3.58. The second kappa shape index (κ2) is 14.4. The van der Waals surface area contributed by atoms with Gasteiger partial charge in [0.2, 0.25) is 10.0 Å². The minimum Gasteiger partial charge on any atom is -0.376 e. The molecular weight excluding hydrogens is 516 g/mol. The van der Waals surface area contributed by atoms with E-state index in [4.69, 9.17) is 4.74 Å². The zero-order valence-corrected chi connectivity index (χ0v) is 23.6. The minimum atomic E-state index is -3.77. The van der Waals surface area contributed by atoms with Gasteiger partial charge >= 0.3 is 0 Å². The lowest BCUT2D eigenvalue weighted by Gasteiger charge is -2.30. The molecule has 4 rings (SSSR count). The van der Waals surface area contributed by atoms with Gasteiger partial charge in [-0.25, -0.2) is 13.1 Å². The minimum absolute atomic E-state index is 0. The Morgan fingerprint density at radius 3 is 2.03 bits per heavy atom. The lowest BCUT2D eigenvalue weighted by molar-refractivity contribution is 0.152. The molecule has 0 aliphatic heterocycles. The molecule has 3 aromatic carbocycles. The molecule has 0 heterocycles. The van der Waals surface area contributed by atoms with Crippen LogP contribution in [0.5, 0.6) is 0 Å². The summed E-state index contributed by atoms with van der Waals surface area (Å²) in [6, 6.07) is 25.8. The van der Waals surface area contributed by atoms with E-state index in [1.54, 1.807) is 12.1 Å². The number of sulfonamides is 1. The number of ether oxygens (including phenoxy) is 1. The molecule has 7 heteroatoms. The van der Waals surface area contributed by atoms with Gasteiger partial charge in [-0.15, -0.1) is 12.4 Å². The maximum atomic E-state index is 13.5. The molecule has 1 aliphatic rings. The molecule has 0 saturated heterocycles. The molecule has 0 unspecified atom stereocenters. The van der Waals surface area contributed by atoms with Crippen molar-refractivity contribution in [2.45, 2.75) is 43.7 Å². The van der Waals surface area contributed by atoms with E-state index in [-0.39, 0.29) is 23.3 Å². The summed E-state index contributed by atoms with van der Waals surface area (Å²) in [7, 11) is -3.77. The Bertz CT molecular complexity index is 1310. The third-order valence-electron chi connectivity index (χ3n) is 6.54. The molecule has 38 heavy (non-hydrogen) atoms. The number of allylic oxidation sites excluding steroid dienone is 3. The molecule has 2 atom stereocenters. The third-order valence-corrected chi connectivity index (χ3v) is 8.00. The van der Waals surface area contributed by atoms with E-state index in [1.165, 1.54) is 11.1 Å². The van der Waals surface area contributed by atoms with Crippen molar-refractivity contribution in [2.75, 3.05) is 19.8 Å². The van der Waals surface area contributed by atoms with Crippen LogP contribution in [-0.4, -0.2) is 28.2 Å². The van der Waals surface area contributed by atoms with Crippen molar-refractivity contribution in [3.05, 3.63) is 125 Å². The second-order valence-corrected chi connectivity index (χ2v) is 11.3. The summed E-state index contributed by atoms with van der Waals surface area (Å²) >= 11 is 0. The first-order valence-corrected chi connectivity index (χ1v) is 14.2. The largest absolute Gasteiger partial charge is 0.376 e. The molecule has 3 aromatic rings. The van der Waals surface area contributed by atoms with E-state index in [0.29, 0.717) is 19.8 Å². The topological polar surface area (TPSA) is 67.4 Å². The van der Waals surface area contributed by atoms with Gasteiger partial charge < -0.3 is 10.1 Å². The van der Waals surface area contributed by atoms with Gasteiger partial charge in [-0.2, -0.15) is 0 Å². The van der Waals surface area contributed by atoms with Gasteiger partial charge in [0.15, 0.2) is 0 Å². The summed E-state index contributed by atoms with van der Waals surface area (Å²) in [5.74, 6) is 0. The van der Waals surface area contributed by atoms with Gasteiger partial charge in [0.1, 0.15) is 0 Å². The molecule has 0 spiro atoms. The van der Waals surface area contributed by atoms with Gasteiger partial charge in [0.25, 0.3) is 0 Å². The molecule has 202 valence electrons. The molecule has 0 amide bonds. The van der Waals surface area contributed by atoms with E-state index in [9.17, 15) is 8.42 Å². The van der Waals surface area contributed by atoms with Crippen LogP contribution in [-0.2, 0) is 14.8 Å². The lowest BCUT2D eigenvalue weighted by Crippen LogP contribution is -2.39. The smallest absolute Gasteiger partial charge is 0.241 e. The molecule has 5 nitrogen and oxygen atoms in total. The van der Waals surface area contributed by atoms with E-state index in [1.807, 2.05) is 79.7 Å². The van der Waals surface area contributed by atoms with Crippen LogP contribution in [0.25, 0.3) is 0 Å². The summed E-state index contributed by atoms with van der Waals surface area (Å²) in [6.45, 7) is 5.81. The first-order valence-electron chi connectivity index (χ1n) is 12.8. The van der Waals surface area contributed by atoms with Crippen LogP contribution in [0.1, 0.15) is 48.5 Å². The third kappa shape index (κ3) is 8.38. The summed E-state index contributed by atoms with van der Waals surface area (Å²) in [4.78, 5) is 0.249. The molecule has 0 saturated carbocycles. The fourth-order valence-electron chi connectivity index (χ4n) is 4.56. The van der Waals surface area contributed by atoms with E-state index in [0.717, 1.165) is 29.5 Å². The van der Waals surface area contributed by atoms with Crippen molar-refractivity contribution in [1.82, 2.24) is 10.0 Å². The van der Waals surface area contributed by atoms with Gasteiger partial charge in [0, 0.05) is 6.54 Å². The highest BCUT2D eigenvalue weighted by molar-refractivity contribution is 7.89. The lowest BCUT2D eigenvalue weighted by atomic mass is 9.94. The van der Waals surface area contributed by atoms with E-state index < -0.39 is 16.1 Å². The average molecular weight is 553 g/mol. The Hall–Kier alpha value is -2.74. The van der Waals surface area contributed by atoms with E-state index >= 15 is 0 Å². The maximum Gasteiger partial charge on any atom is 0.241 e. The van der Waals surface area contributed by atoms with Crippen LogP contribution in [0.15, 0.2) is 113 Å². The Morgan fingerprint density at radius 1 is 0.816 bits per heavy atom. The molecule has 2 N–H and O–H groups in total. The second-order valence-electron chi connectivity index (χ2n) is 9.54. The molecular formula is C31H37ClN2O3S. The highest BCUT2D eigenvalue weighted by atomic mass is 35.5. The number of benzene rings is 3. The van der Waals surface area contributed by atoms with Crippen LogP contribution in [0, 0.1) is 6.92 Å². The van der Waals surface area contributed by atoms with Crippen molar-refractivity contribution in [2.24, 2.45) is 0 Å². The van der Waals surface area contributed by atoms with Crippen molar-refractivity contribution in [1.29, 1.82) is 0 Å². The SMILES string of the molecule is CC1=CCC=C(COCCN[C@H](c2ccccc2)[C@H](NS(=O)(=O)c2ccc(C)cc2)c2ccccc2)C1.Cl. The zero-order valence-electron chi connectivity index (χ0n) is 22.0. The Kier molecular flexibility index (Phi) is 11.3. The van der Waals surface area contributed by atoms with E-state index in [2.05, 4.69) is 29.1 Å². The Labute approximate surface area is 233 Å². The fraction of sp³-hybridized carbons (Fsp3) is 0.290. The number of hydrogen-bond donors (Lipinski definition) is 2. The summed E-state index contributed by atoms with van der Waals surface area (Å²) in [6.07, 6.45) is 6.42. The highest BCUT2D eigenvalue weighted by Crippen LogP contribution is 2.31. The average Bonchev–Trinajstić information content (AvgIpc) is 2.91. The highest BCUT2D eigenvalue weighted by Gasteiger charge is 2.29. The van der Waals surface area contributed by atoms with Crippen molar-refractivity contribution < 1.29 is 13.2 Å². The first-order chi connectivity index (χ1) is 17.9. The summed E-state index contributed by atoms with van der Waals surface area (Å²) in [5.41, 5.74) is 5.59. The summed E-state index contributed by atoms with van der Waals surface area (Å²) < 4.78 is 35.9. The Balaban J connectivity index is 0.00000400. The first kappa shape index (κ1) is 29.8. The van der Waals surface area contributed by atoms with Crippen molar-refractivity contribution in [3.8, 4) is 0 Å². The predicted molar refractivity (Wildman–Crippen MR) is 157 cm³/mol. The molecule has 0 bridgehead atoms. The number of rotatable bonds is 12. The van der Waals surface area contributed by atoms with Gasteiger partial charge in [-0.05, 0) is 55.5 Å². The zero-order chi connectivity index (χ0) is 26.1. The Morgan fingerprint density at radius 2 is 1.42 bits per heavy atom. The number of nitrogens with one attached hydrogen (secondary N) is 2. The molecule has 0 fully saturated rings. The number of aryl methyl sites for hydroxylation is 1. The maximum absolute atomic E-state index is 13.5. The van der Waals surface area contributed by atoms with Crippen LogP contribution in [0.4, 0.5) is 0 Å². The number of hydrogen-bond acceptors (Lipinski definition) is 4. The van der Waals surface area contributed by atoms with Crippen molar-refractivity contribution in [3.63, 3.8) is 0 Å².